The molecule has 2 aliphatic heterocycles. The van der Waals surface area contributed by atoms with Crippen molar-refractivity contribution in [3.05, 3.63) is 12.1 Å². The van der Waals surface area contributed by atoms with E-state index in [0.29, 0.717) is 62.1 Å². The van der Waals surface area contributed by atoms with E-state index in [0.717, 1.165) is 0 Å². The summed E-state index contributed by atoms with van der Waals surface area (Å²) < 4.78 is 16.7. The Bertz CT molecular complexity index is 663. The summed E-state index contributed by atoms with van der Waals surface area (Å²) in [6, 6.07) is 3.03. The van der Waals surface area contributed by atoms with E-state index in [9.17, 15) is 9.59 Å². The number of ether oxygens (including phenoxy) is 3. The molecule has 1 aromatic carbocycles. The summed E-state index contributed by atoms with van der Waals surface area (Å²) >= 11 is 0. The highest BCUT2D eigenvalue weighted by Gasteiger charge is 2.29. The summed E-state index contributed by atoms with van der Waals surface area (Å²) in [4.78, 5) is 25.2. The van der Waals surface area contributed by atoms with Crippen LogP contribution in [0.4, 0.5) is 10.5 Å². The number of hydrogen-bond acceptors (Lipinski definition) is 5. The van der Waals surface area contributed by atoms with Crippen LogP contribution in [0.3, 0.4) is 0 Å². The Kier molecular flexibility index (Phi) is 5.16. The minimum absolute atomic E-state index is 0.204. The fourth-order valence-corrected chi connectivity index (χ4v) is 3.00. The van der Waals surface area contributed by atoms with Gasteiger partial charge >= 0.3 is 12.0 Å². The predicted molar refractivity (Wildman–Crippen MR) is 89.6 cm³/mol. The highest BCUT2D eigenvalue weighted by Crippen LogP contribution is 2.40. The summed E-state index contributed by atoms with van der Waals surface area (Å²) in [5, 5.41) is 12.0. The molecule has 0 aromatic heterocycles. The molecule has 25 heavy (non-hydrogen) atoms. The number of hydrogen-bond donors (Lipinski definition) is 2. The van der Waals surface area contributed by atoms with Crippen LogP contribution in [0.25, 0.3) is 0 Å². The molecule has 2 heterocycles. The molecule has 0 bridgehead atoms. The Morgan fingerprint density at radius 2 is 2.04 bits per heavy atom. The molecule has 1 atom stereocenters. The van der Waals surface area contributed by atoms with Crippen LogP contribution in [0.5, 0.6) is 17.2 Å². The second-order valence-corrected chi connectivity index (χ2v) is 5.98. The van der Waals surface area contributed by atoms with Crippen LogP contribution in [-0.2, 0) is 4.79 Å². The maximum absolute atomic E-state index is 12.6. The van der Waals surface area contributed by atoms with Gasteiger partial charge in [0.15, 0.2) is 11.5 Å². The van der Waals surface area contributed by atoms with Crippen LogP contribution in [0.2, 0.25) is 0 Å². The second kappa shape index (κ2) is 7.50. The van der Waals surface area contributed by atoms with E-state index in [1.165, 1.54) is 4.90 Å². The maximum atomic E-state index is 12.6. The van der Waals surface area contributed by atoms with Crippen molar-refractivity contribution in [1.82, 2.24) is 4.90 Å². The molecule has 0 spiro atoms. The van der Waals surface area contributed by atoms with Gasteiger partial charge in [0.1, 0.15) is 19.0 Å². The maximum Gasteiger partial charge on any atom is 0.321 e. The molecular formula is C17H22N2O6. The average Bonchev–Trinajstić information content (AvgIpc) is 2.62. The summed E-state index contributed by atoms with van der Waals surface area (Å²) in [7, 11) is 0. The van der Waals surface area contributed by atoms with Crippen LogP contribution in [0.1, 0.15) is 19.8 Å². The Balaban J connectivity index is 1.76. The van der Waals surface area contributed by atoms with Crippen molar-refractivity contribution in [3.8, 4) is 17.2 Å². The lowest BCUT2D eigenvalue weighted by Crippen LogP contribution is -2.44. The van der Waals surface area contributed by atoms with Crippen molar-refractivity contribution >= 4 is 17.7 Å². The lowest BCUT2D eigenvalue weighted by Gasteiger charge is -2.31. The van der Waals surface area contributed by atoms with E-state index >= 15 is 0 Å². The van der Waals surface area contributed by atoms with Gasteiger partial charge in [-0.1, -0.05) is 0 Å². The van der Waals surface area contributed by atoms with Crippen LogP contribution in [0, 0.1) is 5.92 Å². The zero-order valence-corrected chi connectivity index (χ0v) is 14.1. The molecule has 3 rings (SSSR count). The molecule has 2 amide bonds. The first-order chi connectivity index (χ1) is 12.1. The third kappa shape index (κ3) is 3.89. The topological polar surface area (TPSA) is 97.3 Å². The minimum atomic E-state index is -0.869. The Labute approximate surface area is 145 Å². The standard InChI is InChI=1S/C17H22N2O6/c1-2-23-13-9-15-14(24-6-7-25-15)8-12(13)18-17(22)19-5-3-4-11(10-19)16(20)21/h8-9,11H,2-7,10H2,1H3,(H,18,22)(H,20,21). The zero-order chi connectivity index (χ0) is 17.8. The molecule has 1 saturated heterocycles. The molecule has 2 N–H and O–H groups in total. The number of amides is 2. The fourth-order valence-electron chi connectivity index (χ4n) is 3.00. The first-order valence-corrected chi connectivity index (χ1v) is 8.43. The Morgan fingerprint density at radius 3 is 2.72 bits per heavy atom. The molecule has 0 saturated carbocycles. The first kappa shape index (κ1) is 17.2. The van der Waals surface area contributed by atoms with Gasteiger partial charge in [-0.2, -0.15) is 0 Å². The molecular weight excluding hydrogens is 328 g/mol. The van der Waals surface area contributed by atoms with Crippen molar-refractivity contribution in [2.45, 2.75) is 19.8 Å². The highest BCUT2D eigenvalue weighted by molar-refractivity contribution is 5.92. The second-order valence-electron chi connectivity index (χ2n) is 5.98. The minimum Gasteiger partial charge on any atom is -0.492 e. The van der Waals surface area contributed by atoms with Crippen molar-refractivity contribution in [2.75, 3.05) is 38.2 Å². The number of rotatable bonds is 4. The van der Waals surface area contributed by atoms with Crippen molar-refractivity contribution < 1.29 is 28.9 Å². The van der Waals surface area contributed by atoms with E-state index in [-0.39, 0.29) is 12.6 Å². The summed E-state index contributed by atoms with van der Waals surface area (Å²) in [6.07, 6.45) is 1.26. The number of carboxylic acid groups (broad SMARTS) is 1. The zero-order valence-electron chi connectivity index (χ0n) is 14.1. The van der Waals surface area contributed by atoms with E-state index < -0.39 is 11.9 Å². The molecule has 136 valence electrons. The SMILES string of the molecule is CCOc1cc2c(cc1NC(=O)N1CCCC(C(=O)O)C1)OCCO2. The normalized spacial score (nSPS) is 19.2. The van der Waals surface area contributed by atoms with E-state index in [1.54, 1.807) is 12.1 Å². The average molecular weight is 350 g/mol. The number of aliphatic carboxylic acids is 1. The number of benzene rings is 1. The van der Waals surface area contributed by atoms with Gasteiger partial charge in [-0.3, -0.25) is 4.79 Å². The Morgan fingerprint density at radius 1 is 1.32 bits per heavy atom. The van der Waals surface area contributed by atoms with E-state index in [4.69, 9.17) is 19.3 Å². The van der Waals surface area contributed by atoms with Gasteiger partial charge < -0.3 is 29.5 Å². The van der Waals surface area contributed by atoms with Crippen molar-refractivity contribution in [2.24, 2.45) is 5.92 Å². The van der Waals surface area contributed by atoms with Crippen molar-refractivity contribution in [3.63, 3.8) is 0 Å². The number of carboxylic acids is 1. The van der Waals surface area contributed by atoms with Gasteiger partial charge in [0.05, 0.1) is 18.2 Å². The lowest BCUT2D eigenvalue weighted by atomic mass is 9.99. The molecule has 0 radical (unpaired) electrons. The number of likely N-dealkylation sites (tertiary alicyclic amines) is 1. The highest BCUT2D eigenvalue weighted by atomic mass is 16.6. The molecule has 8 heteroatoms. The van der Waals surface area contributed by atoms with Gasteiger partial charge in [-0.05, 0) is 19.8 Å². The van der Waals surface area contributed by atoms with Crippen LogP contribution in [-0.4, -0.2) is 54.9 Å². The largest absolute Gasteiger partial charge is 0.492 e. The quantitative estimate of drug-likeness (QED) is 0.864. The van der Waals surface area contributed by atoms with Gasteiger partial charge in [0, 0.05) is 25.2 Å². The number of fused-ring (bicyclic) bond motifs is 1. The number of anilines is 1. The van der Waals surface area contributed by atoms with Gasteiger partial charge in [-0.25, -0.2) is 4.79 Å². The number of carbonyl (C=O) groups is 2. The van der Waals surface area contributed by atoms with E-state index in [2.05, 4.69) is 5.32 Å². The van der Waals surface area contributed by atoms with Crippen LogP contribution < -0.4 is 19.5 Å². The van der Waals surface area contributed by atoms with Crippen LogP contribution in [0.15, 0.2) is 12.1 Å². The molecule has 0 aliphatic carbocycles. The monoisotopic (exact) mass is 350 g/mol. The van der Waals surface area contributed by atoms with E-state index in [1.807, 2.05) is 6.92 Å². The lowest BCUT2D eigenvalue weighted by molar-refractivity contribution is -0.143. The fraction of sp³-hybridized carbons (Fsp3) is 0.529. The van der Waals surface area contributed by atoms with Gasteiger partial charge in [-0.15, -0.1) is 0 Å². The predicted octanol–water partition coefficient (Wildman–Crippen LogP) is 2.18. The number of carbonyl (C=O) groups excluding carboxylic acids is 1. The van der Waals surface area contributed by atoms with Gasteiger partial charge in [0.2, 0.25) is 0 Å². The molecule has 1 fully saturated rings. The third-order valence-corrected chi connectivity index (χ3v) is 4.24. The number of nitrogens with one attached hydrogen (secondary N) is 1. The van der Waals surface area contributed by atoms with Crippen molar-refractivity contribution in [1.29, 1.82) is 0 Å². The summed E-state index contributed by atoms with van der Waals surface area (Å²) in [6.45, 7) is 3.94. The first-order valence-electron chi connectivity index (χ1n) is 8.43. The van der Waals surface area contributed by atoms with Crippen LogP contribution >= 0.6 is 0 Å². The smallest absolute Gasteiger partial charge is 0.321 e. The third-order valence-electron chi connectivity index (χ3n) is 4.24. The number of urea groups is 1. The molecule has 2 aliphatic rings. The number of nitrogens with zero attached hydrogens (tertiary/aromatic N) is 1. The number of piperidine rings is 1. The molecule has 1 aromatic rings. The molecule has 1 unspecified atom stereocenters. The summed E-state index contributed by atoms with van der Waals surface area (Å²) in [5.41, 5.74) is 0.480. The summed E-state index contributed by atoms with van der Waals surface area (Å²) in [5.74, 6) is 0.230. The van der Waals surface area contributed by atoms with Gasteiger partial charge in [0.25, 0.3) is 0 Å². The Hall–Kier alpha value is -2.64. The molecule has 8 nitrogen and oxygen atoms in total.